The smallest absolute Gasteiger partial charge is 0.247 e. The van der Waals surface area contributed by atoms with E-state index in [9.17, 15) is 18.8 Å². The van der Waals surface area contributed by atoms with Gasteiger partial charge in [0.05, 0.1) is 16.7 Å². The van der Waals surface area contributed by atoms with Crippen molar-refractivity contribution in [3.63, 3.8) is 0 Å². The molecule has 3 aromatic carbocycles. The van der Waals surface area contributed by atoms with E-state index < -0.39 is 22.9 Å². The van der Waals surface area contributed by atoms with E-state index in [4.69, 9.17) is 0 Å². The van der Waals surface area contributed by atoms with E-state index in [1.165, 1.54) is 18.2 Å². The molecule has 1 atom stereocenters. The molecule has 0 saturated carbocycles. The maximum absolute atomic E-state index is 14.0. The molecule has 29 heavy (non-hydrogen) atoms. The van der Waals surface area contributed by atoms with Crippen molar-refractivity contribution in [2.45, 2.75) is 11.7 Å². The first kappa shape index (κ1) is 19.1. The summed E-state index contributed by atoms with van der Waals surface area (Å²) < 4.78 is 14.0. The third kappa shape index (κ3) is 4.00. The Kier molecular flexibility index (Phi) is 5.31. The zero-order valence-corrected chi connectivity index (χ0v) is 16.1. The minimum absolute atomic E-state index is 0.0155. The number of carbonyl (C=O) groups excluding carboxylic acids is 3. The second kappa shape index (κ2) is 8.05. The van der Waals surface area contributed by atoms with E-state index in [2.05, 4.69) is 5.32 Å². The van der Waals surface area contributed by atoms with Crippen molar-refractivity contribution in [1.29, 1.82) is 0 Å². The number of benzene rings is 3. The number of nitrogens with one attached hydrogen (secondary N) is 1. The lowest BCUT2D eigenvalue weighted by Crippen LogP contribution is -2.32. The summed E-state index contributed by atoms with van der Waals surface area (Å²) in [6.07, 6.45) is -0.0545. The summed E-state index contributed by atoms with van der Waals surface area (Å²) in [5.74, 6) is -1.85. The molecule has 7 heteroatoms. The van der Waals surface area contributed by atoms with Gasteiger partial charge in [0.1, 0.15) is 5.82 Å². The zero-order valence-electron chi connectivity index (χ0n) is 15.3. The molecule has 0 radical (unpaired) electrons. The first-order valence-electron chi connectivity index (χ1n) is 9.04. The average Bonchev–Trinajstić information content (AvgIpc) is 3.00. The van der Waals surface area contributed by atoms with Crippen molar-refractivity contribution in [2.24, 2.45) is 0 Å². The number of nitrogens with zero attached hydrogens (tertiary/aromatic N) is 1. The molecule has 0 spiro atoms. The Morgan fingerprint density at radius 3 is 2.55 bits per heavy atom. The van der Waals surface area contributed by atoms with E-state index in [0.717, 1.165) is 27.4 Å². The molecule has 1 heterocycles. The van der Waals surface area contributed by atoms with Crippen LogP contribution in [0.15, 0.2) is 66.7 Å². The molecule has 0 bridgehead atoms. The summed E-state index contributed by atoms with van der Waals surface area (Å²) in [5, 5.41) is 4.18. The van der Waals surface area contributed by atoms with Crippen molar-refractivity contribution in [3.05, 3.63) is 72.5 Å². The topological polar surface area (TPSA) is 66.5 Å². The van der Waals surface area contributed by atoms with Gasteiger partial charge in [0.25, 0.3) is 0 Å². The fraction of sp³-hybridized carbons (Fsp3) is 0.136. The van der Waals surface area contributed by atoms with Crippen molar-refractivity contribution >= 4 is 51.6 Å². The molecule has 1 fully saturated rings. The highest BCUT2D eigenvalue weighted by Gasteiger charge is 2.41. The number of amides is 3. The van der Waals surface area contributed by atoms with Gasteiger partial charge in [-0.05, 0) is 35.0 Å². The third-order valence-corrected chi connectivity index (χ3v) is 5.85. The van der Waals surface area contributed by atoms with Gasteiger partial charge in [-0.15, -0.1) is 11.8 Å². The Bertz CT molecular complexity index is 1120. The Hall–Kier alpha value is -3.19. The van der Waals surface area contributed by atoms with Gasteiger partial charge in [-0.2, -0.15) is 0 Å². The summed E-state index contributed by atoms with van der Waals surface area (Å²) in [4.78, 5) is 38.0. The lowest BCUT2D eigenvalue weighted by molar-refractivity contribution is -0.121. The van der Waals surface area contributed by atoms with Gasteiger partial charge in [0, 0.05) is 12.1 Å². The summed E-state index contributed by atoms with van der Waals surface area (Å²) >= 11 is 1.08. The number of hydrogen-bond acceptors (Lipinski definition) is 4. The number of imide groups is 1. The average molecular weight is 408 g/mol. The minimum Gasteiger partial charge on any atom is -0.325 e. The molecule has 3 amide bonds. The lowest BCUT2D eigenvalue weighted by Gasteiger charge is -2.15. The monoisotopic (exact) mass is 408 g/mol. The molecule has 146 valence electrons. The fourth-order valence-corrected chi connectivity index (χ4v) is 4.19. The van der Waals surface area contributed by atoms with E-state index in [0.29, 0.717) is 5.69 Å². The molecular weight excluding hydrogens is 391 g/mol. The number of anilines is 2. The first-order valence-corrected chi connectivity index (χ1v) is 10.1. The maximum Gasteiger partial charge on any atom is 0.247 e. The molecular formula is C22H17FN2O3S. The van der Waals surface area contributed by atoms with Gasteiger partial charge < -0.3 is 5.32 Å². The Morgan fingerprint density at radius 1 is 1.03 bits per heavy atom. The van der Waals surface area contributed by atoms with E-state index in [1.54, 1.807) is 6.07 Å². The third-order valence-electron chi connectivity index (χ3n) is 4.65. The fourth-order valence-electron chi connectivity index (χ4n) is 3.26. The van der Waals surface area contributed by atoms with E-state index in [1.807, 2.05) is 42.5 Å². The van der Waals surface area contributed by atoms with Gasteiger partial charge >= 0.3 is 0 Å². The van der Waals surface area contributed by atoms with Crippen LogP contribution in [0.2, 0.25) is 0 Å². The van der Waals surface area contributed by atoms with Gasteiger partial charge in [-0.3, -0.25) is 14.4 Å². The molecule has 4 rings (SSSR count). The van der Waals surface area contributed by atoms with Crippen LogP contribution in [-0.4, -0.2) is 28.7 Å². The van der Waals surface area contributed by atoms with Crippen molar-refractivity contribution in [1.82, 2.24) is 0 Å². The molecule has 3 aromatic rings. The molecule has 1 saturated heterocycles. The highest BCUT2D eigenvalue weighted by atomic mass is 32.2. The number of carbonyl (C=O) groups is 3. The van der Waals surface area contributed by atoms with Crippen molar-refractivity contribution in [3.8, 4) is 0 Å². The van der Waals surface area contributed by atoms with E-state index in [-0.39, 0.29) is 23.8 Å². The van der Waals surface area contributed by atoms with Crippen LogP contribution in [-0.2, 0) is 14.4 Å². The second-order valence-electron chi connectivity index (χ2n) is 6.63. The normalized spacial score (nSPS) is 16.4. The highest BCUT2D eigenvalue weighted by molar-refractivity contribution is 8.01. The number of para-hydroxylation sites is 1. The van der Waals surface area contributed by atoms with Crippen LogP contribution in [0.1, 0.15) is 6.42 Å². The van der Waals surface area contributed by atoms with Crippen LogP contribution in [0.3, 0.4) is 0 Å². The van der Waals surface area contributed by atoms with Crippen LogP contribution < -0.4 is 10.2 Å². The minimum atomic E-state index is -0.704. The van der Waals surface area contributed by atoms with Crippen molar-refractivity contribution in [2.75, 3.05) is 16.0 Å². The van der Waals surface area contributed by atoms with Crippen LogP contribution in [0.25, 0.3) is 10.8 Å². The molecule has 1 N–H and O–H groups in total. The molecule has 1 aliphatic rings. The van der Waals surface area contributed by atoms with Crippen molar-refractivity contribution < 1.29 is 18.8 Å². The molecule has 1 aliphatic heterocycles. The SMILES string of the molecule is O=C(CS[C@@H]1CC(=O)N(c2ccccc2F)C1=O)Nc1ccc2ccccc2c1. The second-order valence-corrected chi connectivity index (χ2v) is 7.82. The number of halogens is 1. The summed E-state index contributed by atoms with van der Waals surface area (Å²) in [7, 11) is 0. The number of rotatable bonds is 5. The predicted octanol–water partition coefficient (Wildman–Crippen LogP) is 3.98. The summed E-state index contributed by atoms with van der Waals surface area (Å²) in [6.45, 7) is 0. The van der Waals surface area contributed by atoms with Gasteiger partial charge in [0.2, 0.25) is 17.7 Å². The van der Waals surface area contributed by atoms with Gasteiger partial charge in [0.15, 0.2) is 0 Å². The standard InChI is InChI=1S/C22H17FN2O3S/c23-17-7-3-4-8-18(17)25-21(27)12-19(22(25)28)29-13-20(26)24-16-10-9-14-5-1-2-6-15(14)11-16/h1-11,19H,12-13H2,(H,24,26)/t19-/m1/s1. The Balaban J connectivity index is 1.38. The molecule has 0 aromatic heterocycles. The lowest BCUT2D eigenvalue weighted by atomic mass is 10.1. The highest BCUT2D eigenvalue weighted by Crippen LogP contribution is 2.31. The van der Waals surface area contributed by atoms with Crippen LogP contribution in [0, 0.1) is 5.82 Å². The van der Waals surface area contributed by atoms with E-state index >= 15 is 0 Å². The number of fused-ring (bicyclic) bond motifs is 1. The van der Waals surface area contributed by atoms with Crippen LogP contribution in [0.5, 0.6) is 0 Å². The maximum atomic E-state index is 14.0. The quantitative estimate of drug-likeness (QED) is 0.649. The summed E-state index contributed by atoms with van der Waals surface area (Å²) in [6, 6.07) is 19.1. The first-order chi connectivity index (χ1) is 14.0. The number of hydrogen-bond donors (Lipinski definition) is 1. The predicted molar refractivity (Wildman–Crippen MR) is 112 cm³/mol. The van der Waals surface area contributed by atoms with Crippen LogP contribution in [0.4, 0.5) is 15.8 Å². The van der Waals surface area contributed by atoms with Crippen LogP contribution >= 0.6 is 11.8 Å². The molecule has 5 nitrogen and oxygen atoms in total. The molecule has 0 aliphatic carbocycles. The van der Waals surface area contributed by atoms with Gasteiger partial charge in [-0.25, -0.2) is 9.29 Å². The number of thioether (sulfide) groups is 1. The summed E-state index contributed by atoms with van der Waals surface area (Å²) in [5.41, 5.74) is 0.613. The Morgan fingerprint density at radius 2 is 1.76 bits per heavy atom. The van der Waals surface area contributed by atoms with Gasteiger partial charge in [-0.1, -0.05) is 42.5 Å². The Labute approximate surface area is 170 Å². The zero-order chi connectivity index (χ0) is 20.4. The largest absolute Gasteiger partial charge is 0.325 e. The molecule has 0 unspecified atom stereocenters.